The van der Waals surface area contributed by atoms with Crippen LogP contribution < -0.4 is 20.7 Å². The van der Waals surface area contributed by atoms with E-state index in [1.165, 1.54) is 0 Å². The number of hydrogen-bond acceptors (Lipinski definition) is 7. The van der Waals surface area contributed by atoms with E-state index in [4.69, 9.17) is 9.15 Å². The van der Waals surface area contributed by atoms with Gasteiger partial charge in [0, 0.05) is 43.9 Å². The lowest BCUT2D eigenvalue weighted by atomic mass is 10.1. The molecule has 40 heavy (non-hydrogen) atoms. The van der Waals surface area contributed by atoms with Gasteiger partial charge in [0.2, 0.25) is 0 Å². The topological polar surface area (TPSA) is 126 Å². The van der Waals surface area contributed by atoms with Gasteiger partial charge in [-0.15, -0.1) is 0 Å². The summed E-state index contributed by atoms with van der Waals surface area (Å²) in [6.07, 6.45) is 4.44. The Hall–Kier alpha value is -4.60. The highest BCUT2D eigenvalue weighted by molar-refractivity contribution is 6.04. The van der Waals surface area contributed by atoms with Gasteiger partial charge in [-0.05, 0) is 42.8 Å². The van der Waals surface area contributed by atoms with Crippen molar-refractivity contribution in [1.29, 1.82) is 0 Å². The van der Waals surface area contributed by atoms with Gasteiger partial charge in [0.25, 0.3) is 11.8 Å². The van der Waals surface area contributed by atoms with E-state index < -0.39 is 18.0 Å². The van der Waals surface area contributed by atoms with Gasteiger partial charge in [0.15, 0.2) is 6.04 Å². The van der Waals surface area contributed by atoms with Crippen LogP contribution in [0.2, 0.25) is 0 Å². The maximum atomic E-state index is 11.8. The molecule has 212 valence electrons. The second kappa shape index (κ2) is 14.0. The average molecular weight is 548 g/mol. The molecule has 1 saturated heterocycles. The molecule has 0 bridgehead atoms. The first kappa shape index (κ1) is 29.9. The Balaban J connectivity index is 0.000000246. The summed E-state index contributed by atoms with van der Waals surface area (Å²) in [4.78, 5) is 40.5. The number of rotatable bonds is 7. The number of imide groups is 1. The standard InChI is InChI=1S/C18H20N4O3.C10H11NO2.C2H6/c1-3-13-12(8-11(2)10-20-15-6-4-5-7-19-15)9-14(25-13)16-17(23)22-18(24)21-16;1-11-6-7-3-4-8(13-2)5-9(7)10(11)12;1-2/h4-9,16H,3,10H2,1-2H3,(H,19,20)(H2,21,22,23,24);3-5H,6H2,1-2H3;1-2H3/b11-8+;;/t16-;;/m0../s1. The summed E-state index contributed by atoms with van der Waals surface area (Å²) in [6, 6.07) is 11.8. The van der Waals surface area contributed by atoms with Gasteiger partial charge in [-0.3, -0.25) is 14.9 Å². The van der Waals surface area contributed by atoms with Crippen LogP contribution in [-0.4, -0.2) is 48.4 Å². The van der Waals surface area contributed by atoms with Gasteiger partial charge in [-0.2, -0.15) is 0 Å². The van der Waals surface area contributed by atoms with Crippen molar-refractivity contribution in [1.82, 2.24) is 20.5 Å². The molecule has 3 aromatic rings. The van der Waals surface area contributed by atoms with Crippen LogP contribution in [0.1, 0.15) is 66.7 Å². The number of benzene rings is 1. The van der Waals surface area contributed by atoms with E-state index in [1.54, 1.807) is 37.4 Å². The van der Waals surface area contributed by atoms with Gasteiger partial charge in [0.05, 0.1) is 7.11 Å². The van der Waals surface area contributed by atoms with Crippen LogP contribution in [0.4, 0.5) is 10.6 Å². The van der Waals surface area contributed by atoms with E-state index in [9.17, 15) is 14.4 Å². The monoisotopic (exact) mass is 547 g/mol. The highest BCUT2D eigenvalue weighted by atomic mass is 16.5. The summed E-state index contributed by atoms with van der Waals surface area (Å²) in [5, 5.41) is 8.01. The quantitative estimate of drug-likeness (QED) is 0.358. The zero-order chi connectivity index (χ0) is 29.2. The molecule has 2 aliphatic rings. The minimum Gasteiger partial charge on any atom is -0.497 e. The molecule has 4 heterocycles. The van der Waals surface area contributed by atoms with E-state index in [2.05, 4.69) is 20.9 Å². The molecule has 5 rings (SSSR count). The molecule has 1 aromatic carbocycles. The van der Waals surface area contributed by atoms with Crippen LogP contribution >= 0.6 is 0 Å². The third-order valence-electron chi connectivity index (χ3n) is 6.16. The van der Waals surface area contributed by atoms with Gasteiger partial charge < -0.3 is 24.7 Å². The molecule has 1 fully saturated rings. The number of ether oxygens (including phenoxy) is 1. The van der Waals surface area contributed by atoms with Crippen LogP contribution in [0.15, 0.2) is 58.7 Å². The minimum atomic E-state index is -0.771. The Kier molecular flexibility index (Phi) is 10.5. The predicted molar refractivity (Wildman–Crippen MR) is 154 cm³/mol. The van der Waals surface area contributed by atoms with E-state index >= 15 is 0 Å². The average Bonchev–Trinajstić information content (AvgIpc) is 3.62. The van der Waals surface area contributed by atoms with E-state index in [1.807, 2.05) is 64.1 Å². The fraction of sp³-hybridized carbons (Fsp3) is 0.333. The Bertz CT molecular complexity index is 1370. The first-order chi connectivity index (χ1) is 19.3. The Morgan fingerprint density at radius 2 is 1.98 bits per heavy atom. The third kappa shape index (κ3) is 7.28. The highest BCUT2D eigenvalue weighted by Gasteiger charge is 2.34. The molecule has 0 saturated carbocycles. The summed E-state index contributed by atoms with van der Waals surface area (Å²) in [5.74, 6) is 2.45. The summed E-state index contributed by atoms with van der Waals surface area (Å²) in [5.41, 5.74) is 3.84. The Morgan fingerprint density at radius 3 is 2.60 bits per heavy atom. The molecular formula is C30H37N5O5. The Morgan fingerprint density at radius 1 is 1.20 bits per heavy atom. The molecule has 10 nitrogen and oxygen atoms in total. The van der Waals surface area contributed by atoms with Crippen molar-refractivity contribution < 1.29 is 23.5 Å². The van der Waals surface area contributed by atoms with Crippen molar-refractivity contribution in [2.24, 2.45) is 0 Å². The molecule has 0 radical (unpaired) electrons. The molecule has 0 spiro atoms. The summed E-state index contributed by atoms with van der Waals surface area (Å²) in [6.45, 7) is 9.33. The number of urea groups is 1. The van der Waals surface area contributed by atoms with Crippen molar-refractivity contribution in [3.63, 3.8) is 0 Å². The lowest BCUT2D eigenvalue weighted by Gasteiger charge is -2.05. The molecule has 1 atom stereocenters. The van der Waals surface area contributed by atoms with Crippen LogP contribution in [0.5, 0.6) is 5.75 Å². The second-order valence-electron chi connectivity index (χ2n) is 9.02. The zero-order valence-corrected chi connectivity index (χ0v) is 23.8. The molecule has 3 N–H and O–H groups in total. The first-order valence-corrected chi connectivity index (χ1v) is 13.3. The molecule has 2 aliphatic heterocycles. The second-order valence-corrected chi connectivity index (χ2v) is 9.02. The number of methoxy groups -OCH3 is 1. The van der Waals surface area contributed by atoms with Gasteiger partial charge in [0.1, 0.15) is 23.1 Å². The fourth-order valence-electron chi connectivity index (χ4n) is 4.19. The van der Waals surface area contributed by atoms with Gasteiger partial charge >= 0.3 is 6.03 Å². The third-order valence-corrected chi connectivity index (χ3v) is 6.16. The molecule has 2 aromatic heterocycles. The number of nitrogens with one attached hydrogen (secondary N) is 3. The van der Waals surface area contributed by atoms with Crippen molar-refractivity contribution >= 4 is 29.7 Å². The minimum absolute atomic E-state index is 0.0777. The first-order valence-electron chi connectivity index (χ1n) is 13.3. The number of carbonyl (C=O) groups is 3. The summed E-state index contributed by atoms with van der Waals surface area (Å²) >= 11 is 0. The number of carbonyl (C=O) groups excluding carboxylic acids is 3. The van der Waals surface area contributed by atoms with Gasteiger partial charge in [-0.1, -0.05) is 44.6 Å². The molecule has 0 aliphatic carbocycles. The van der Waals surface area contributed by atoms with E-state index in [0.29, 0.717) is 25.3 Å². The SMILES string of the molecule is CC.CCc1oc([C@@H]2NC(=O)NC2=O)cc1/C=C(\C)CNc1ccccn1.COc1ccc2c(c1)C(=O)N(C)C2. The Labute approximate surface area is 234 Å². The zero-order valence-electron chi connectivity index (χ0n) is 23.8. The van der Waals surface area contributed by atoms with Crippen molar-refractivity contribution in [2.45, 2.75) is 46.7 Å². The van der Waals surface area contributed by atoms with Crippen molar-refractivity contribution in [2.75, 3.05) is 26.0 Å². The number of nitrogens with zero attached hydrogens (tertiary/aromatic N) is 2. The molecule has 10 heteroatoms. The summed E-state index contributed by atoms with van der Waals surface area (Å²) < 4.78 is 10.8. The lowest BCUT2D eigenvalue weighted by molar-refractivity contribution is -0.120. The molecular weight excluding hydrogens is 510 g/mol. The highest BCUT2D eigenvalue weighted by Crippen LogP contribution is 2.26. The maximum absolute atomic E-state index is 11.8. The number of anilines is 1. The van der Waals surface area contributed by atoms with Crippen LogP contribution in [0.3, 0.4) is 0 Å². The number of aryl methyl sites for hydroxylation is 1. The smallest absolute Gasteiger partial charge is 0.322 e. The summed E-state index contributed by atoms with van der Waals surface area (Å²) in [7, 11) is 3.40. The number of aromatic nitrogens is 1. The van der Waals surface area contributed by atoms with Crippen molar-refractivity contribution in [3.05, 3.63) is 82.4 Å². The number of furan rings is 1. The lowest BCUT2D eigenvalue weighted by Crippen LogP contribution is -2.22. The van der Waals surface area contributed by atoms with Crippen LogP contribution in [0.25, 0.3) is 6.08 Å². The van der Waals surface area contributed by atoms with Crippen LogP contribution in [0, 0.1) is 0 Å². The number of fused-ring (bicyclic) bond motifs is 1. The fourth-order valence-corrected chi connectivity index (χ4v) is 4.19. The van der Waals surface area contributed by atoms with Crippen molar-refractivity contribution in [3.8, 4) is 5.75 Å². The van der Waals surface area contributed by atoms with E-state index in [0.717, 1.165) is 39.6 Å². The number of pyridine rings is 1. The molecule has 4 amide bonds. The van der Waals surface area contributed by atoms with E-state index in [-0.39, 0.29) is 5.91 Å². The predicted octanol–water partition coefficient (Wildman–Crippen LogP) is 4.94. The van der Waals surface area contributed by atoms with Crippen LogP contribution in [-0.2, 0) is 17.8 Å². The largest absolute Gasteiger partial charge is 0.497 e. The normalized spacial score (nSPS) is 15.8. The molecule has 0 unspecified atom stereocenters. The maximum Gasteiger partial charge on any atom is 0.322 e. The van der Waals surface area contributed by atoms with Gasteiger partial charge in [-0.25, -0.2) is 9.78 Å². The number of hydrogen-bond donors (Lipinski definition) is 3. The number of amides is 4.